The van der Waals surface area contributed by atoms with Gasteiger partial charge in [-0.15, -0.1) is 0 Å². The van der Waals surface area contributed by atoms with E-state index in [4.69, 9.17) is 34.8 Å². The quantitative estimate of drug-likeness (QED) is 0.180. The minimum absolute atomic E-state index is 0.0270. The number of rotatable bonds is 13. The lowest BCUT2D eigenvalue weighted by Crippen LogP contribution is -2.53. The average Bonchev–Trinajstić information content (AvgIpc) is 2.92. The topological polar surface area (TPSA) is 86.8 Å². The molecule has 1 atom stereocenters. The fourth-order valence-electron chi connectivity index (χ4n) is 4.14. The number of amides is 2. The zero-order valence-electron chi connectivity index (χ0n) is 22.6. The summed E-state index contributed by atoms with van der Waals surface area (Å²) in [7, 11) is -4.05. The van der Waals surface area contributed by atoms with Crippen LogP contribution >= 0.6 is 34.8 Å². The van der Waals surface area contributed by atoms with Crippen molar-refractivity contribution in [3.8, 4) is 0 Å². The number of nitrogens with zero attached hydrogens (tertiary/aromatic N) is 2. The highest BCUT2D eigenvalue weighted by Gasteiger charge is 2.33. The van der Waals surface area contributed by atoms with Crippen LogP contribution in [0.25, 0.3) is 0 Å². The number of hydrogen-bond acceptors (Lipinski definition) is 4. The zero-order valence-corrected chi connectivity index (χ0v) is 25.7. The van der Waals surface area contributed by atoms with E-state index in [1.807, 2.05) is 37.3 Å². The first-order valence-electron chi connectivity index (χ1n) is 12.9. The van der Waals surface area contributed by atoms with Gasteiger partial charge in [0.1, 0.15) is 18.4 Å². The van der Waals surface area contributed by atoms with E-state index in [-0.39, 0.29) is 33.7 Å². The van der Waals surface area contributed by atoms with Crippen molar-refractivity contribution in [1.82, 2.24) is 10.2 Å². The molecule has 3 aromatic rings. The molecule has 0 unspecified atom stereocenters. The number of nitrogens with one attached hydrogen (secondary N) is 1. The van der Waals surface area contributed by atoms with Crippen molar-refractivity contribution in [2.24, 2.45) is 0 Å². The largest absolute Gasteiger partial charge is 0.354 e. The summed E-state index contributed by atoms with van der Waals surface area (Å²) in [6.07, 6.45) is 2.70. The van der Waals surface area contributed by atoms with Gasteiger partial charge in [0.25, 0.3) is 0 Å². The molecule has 0 heterocycles. The molecule has 0 aliphatic rings. The maximum absolute atomic E-state index is 14.0. The summed E-state index contributed by atoms with van der Waals surface area (Å²) in [6.45, 7) is 1.65. The van der Waals surface area contributed by atoms with Crippen LogP contribution in [0.1, 0.15) is 30.9 Å². The van der Waals surface area contributed by atoms with Gasteiger partial charge in [-0.3, -0.25) is 13.9 Å². The van der Waals surface area contributed by atoms with Gasteiger partial charge in [0.15, 0.2) is 0 Å². The second-order valence-electron chi connectivity index (χ2n) is 9.49. The first-order chi connectivity index (χ1) is 19.4. The Hall–Kier alpha value is -2.85. The summed E-state index contributed by atoms with van der Waals surface area (Å²) >= 11 is 18.5. The predicted molar refractivity (Wildman–Crippen MR) is 162 cm³/mol. The zero-order chi connectivity index (χ0) is 30.2. The number of anilines is 1. The van der Waals surface area contributed by atoms with Crippen LogP contribution < -0.4 is 9.62 Å². The molecule has 0 radical (unpaired) electrons. The number of carbonyl (C=O) groups excluding carboxylic acids is 2. The number of carbonyl (C=O) groups is 2. The van der Waals surface area contributed by atoms with Gasteiger partial charge >= 0.3 is 0 Å². The van der Waals surface area contributed by atoms with Crippen molar-refractivity contribution < 1.29 is 22.4 Å². The molecule has 0 bridgehead atoms. The number of hydrogen-bond donors (Lipinski definition) is 1. The van der Waals surface area contributed by atoms with Gasteiger partial charge in [0.05, 0.1) is 27.0 Å². The van der Waals surface area contributed by atoms with E-state index in [0.29, 0.717) is 12.1 Å². The van der Waals surface area contributed by atoms with E-state index in [1.54, 1.807) is 0 Å². The molecule has 1 N–H and O–H groups in total. The monoisotopic (exact) mass is 641 g/mol. The Labute approximate surface area is 255 Å². The van der Waals surface area contributed by atoms with Crippen LogP contribution in [0.4, 0.5) is 10.1 Å². The van der Waals surface area contributed by atoms with E-state index < -0.39 is 40.2 Å². The van der Waals surface area contributed by atoms with Gasteiger partial charge in [-0.1, -0.05) is 90.6 Å². The molecular weight excluding hydrogens is 612 g/mol. The first-order valence-corrected chi connectivity index (χ1v) is 15.9. The van der Waals surface area contributed by atoms with Crippen molar-refractivity contribution in [1.29, 1.82) is 0 Å². The van der Waals surface area contributed by atoms with E-state index in [9.17, 15) is 22.4 Å². The van der Waals surface area contributed by atoms with Crippen molar-refractivity contribution in [2.45, 2.75) is 38.8 Å². The SMILES string of the molecule is CCCCNC(=O)[C@@H](Cc1ccccc1)N(Cc1ccc(F)cc1)C(=O)CN(c1cc(Cl)c(Cl)cc1Cl)S(C)(=O)=O. The molecule has 41 heavy (non-hydrogen) atoms. The summed E-state index contributed by atoms with van der Waals surface area (Å²) in [4.78, 5) is 28.9. The van der Waals surface area contributed by atoms with Gasteiger partial charge in [-0.2, -0.15) is 0 Å². The molecule has 7 nitrogen and oxygen atoms in total. The molecule has 12 heteroatoms. The van der Waals surface area contributed by atoms with E-state index in [2.05, 4.69) is 5.32 Å². The van der Waals surface area contributed by atoms with Crippen molar-refractivity contribution >= 4 is 62.3 Å². The van der Waals surface area contributed by atoms with Crippen LogP contribution in [-0.2, 0) is 32.6 Å². The number of halogens is 4. The van der Waals surface area contributed by atoms with Crippen LogP contribution in [-0.4, -0.2) is 50.5 Å². The van der Waals surface area contributed by atoms with Crippen molar-refractivity contribution in [3.63, 3.8) is 0 Å². The molecule has 220 valence electrons. The summed E-state index contributed by atoms with van der Waals surface area (Å²) < 4.78 is 40.3. The molecule has 0 aliphatic carbocycles. The Kier molecular flexibility index (Phi) is 11.8. The minimum atomic E-state index is -4.05. The number of unbranched alkanes of at least 4 members (excludes halogenated alkanes) is 1. The predicted octanol–water partition coefficient (Wildman–Crippen LogP) is 6.11. The summed E-state index contributed by atoms with van der Waals surface area (Å²) in [5, 5.41) is 3.03. The third-order valence-corrected chi connectivity index (χ3v) is 8.46. The molecule has 0 fully saturated rings. The smallest absolute Gasteiger partial charge is 0.244 e. The summed E-state index contributed by atoms with van der Waals surface area (Å²) in [6, 6.07) is 16.2. The molecule has 0 saturated heterocycles. The lowest BCUT2D eigenvalue weighted by molar-refractivity contribution is -0.140. The fourth-order valence-corrected chi connectivity index (χ4v) is 5.69. The molecule has 0 spiro atoms. The first kappa shape index (κ1) is 32.7. The van der Waals surface area contributed by atoms with Crippen molar-refractivity contribution in [2.75, 3.05) is 23.7 Å². The second-order valence-corrected chi connectivity index (χ2v) is 12.6. The van der Waals surface area contributed by atoms with Gasteiger partial charge < -0.3 is 10.2 Å². The molecule has 0 saturated carbocycles. The number of benzene rings is 3. The van der Waals surface area contributed by atoms with E-state index in [1.165, 1.54) is 41.3 Å². The van der Waals surface area contributed by atoms with Gasteiger partial charge in [-0.25, -0.2) is 12.8 Å². The van der Waals surface area contributed by atoms with Gasteiger partial charge in [0, 0.05) is 19.5 Å². The fraction of sp³-hybridized carbons (Fsp3) is 0.310. The van der Waals surface area contributed by atoms with Crippen molar-refractivity contribution in [3.05, 3.63) is 98.7 Å². The maximum atomic E-state index is 14.0. The van der Waals surface area contributed by atoms with Crippen LogP contribution in [0.2, 0.25) is 15.1 Å². The van der Waals surface area contributed by atoms with Crippen LogP contribution in [0.3, 0.4) is 0 Å². The number of sulfonamides is 1. The standard InChI is InChI=1S/C29H31Cl3FN3O4S/c1-3-4-14-34-29(38)27(15-20-8-6-5-7-9-20)35(18-21-10-12-22(33)13-11-21)28(37)19-36(41(2,39)40)26-17-24(31)23(30)16-25(26)32/h5-13,16-17,27H,3-4,14-15,18-19H2,1-2H3,(H,34,38)/t27-/m1/s1. The Balaban J connectivity index is 2.07. The Morgan fingerprint density at radius 2 is 1.56 bits per heavy atom. The second kappa shape index (κ2) is 14.9. The molecular formula is C29H31Cl3FN3O4S. The highest BCUT2D eigenvalue weighted by atomic mass is 35.5. The minimum Gasteiger partial charge on any atom is -0.354 e. The van der Waals surface area contributed by atoms with Crippen LogP contribution in [0, 0.1) is 5.82 Å². The maximum Gasteiger partial charge on any atom is 0.244 e. The van der Waals surface area contributed by atoms with Crippen LogP contribution in [0.5, 0.6) is 0 Å². The molecule has 0 aromatic heterocycles. The summed E-state index contributed by atoms with van der Waals surface area (Å²) in [5.74, 6) is -1.52. The van der Waals surface area contributed by atoms with E-state index >= 15 is 0 Å². The highest BCUT2D eigenvalue weighted by molar-refractivity contribution is 7.92. The Morgan fingerprint density at radius 3 is 2.17 bits per heavy atom. The lowest BCUT2D eigenvalue weighted by Gasteiger charge is -2.33. The highest BCUT2D eigenvalue weighted by Crippen LogP contribution is 2.35. The summed E-state index contributed by atoms with van der Waals surface area (Å²) in [5.41, 5.74) is 1.32. The average molecular weight is 643 g/mol. The third kappa shape index (κ3) is 9.33. The van der Waals surface area contributed by atoms with E-state index in [0.717, 1.165) is 29.0 Å². The van der Waals surface area contributed by atoms with Gasteiger partial charge in [-0.05, 0) is 41.8 Å². The molecule has 3 rings (SSSR count). The molecule has 0 aliphatic heterocycles. The van der Waals surface area contributed by atoms with Crippen LogP contribution in [0.15, 0.2) is 66.7 Å². The normalized spacial score (nSPS) is 12.0. The molecule has 3 aromatic carbocycles. The Morgan fingerprint density at radius 1 is 0.927 bits per heavy atom. The Bertz CT molecular complexity index is 1460. The third-order valence-electron chi connectivity index (χ3n) is 6.30. The molecule has 2 amide bonds. The lowest BCUT2D eigenvalue weighted by atomic mass is 10.0. The van der Waals surface area contributed by atoms with Gasteiger partial charge in [0.2, 0.25) is 21.8 Å².